The topological polar surface area (TPSA) is 226 Å². The maximum Gasteiger partial charge on any atom is 0.323 e. The molecule has 0 spiro atoms. The lowest BCUT2D eigenvalue weighted by Gasteiger charge is -2.27. The van der Waals surface area contributed by atoms with Crippen molar-refractivity contribution in [2.75, 3.05) is 60.4 Å². The molecule has 0 unspecified atom stereocenters. The molecule has 17 heteroatoms. The second-order valence-corrected chi connectivity index (χ2v) is 8.21. The van der Waals surface area contributed by atoms with Gasteiger partial charge in [-0.15, -0.1) is 0 Å². The number of aromatic nitrogens is 2. The first kappa shape index (κ1) is 39.6. The summed E-state index contributed by atoms with van der Waals surface area (Å²) in [7, 11) is 4.71. The van der Waals surface area contributed by atoms with Crippen molar-refractivity contribution >= 4 is 41.5 Å². The van der Waals surface area contributed by atoms with Crippen LogP contribution in [0.2, 0.25) is 0 Å². The zero-order valence-electron chi connectivity index (χ0n) is 25.2. The summed E-state index contributed by atoms with van der Waals surface area (Å²) in [4.78, 5) is 81.9. The third-order valence-electron chi connectivity index (χ3n) is 5.01. The molecule has 238 valence electrons. The number of likely N-dealkylation sites (N-methyl/N-ethyl adjacent to an activating group) is 2. The summed E-state index contributed by atoms with van der Waals surface area (Å²) in [5, 5.41) is 35.8. The molecule has 0 atom stereocenters. The lowest BCUT2D eigenvalue weighted by atomic mass is 10.3. The SMILES string of the molecule is CC.CC.CN=C(CN(C)Cc1nccn1CC(=O)N(CC(=O)O)CC(=O)O)N(C)CC(=O)N(CC(=O)O)CC(=O)O. The van der Waals surface area contributed by atoms with Gasteiger partial charge in [-0.05, 0) is 7.05 Å². The van der Waals surface area contributed by atoms with Crippen molar-refractivity contribution in [3.05, 3.63) is 18.2 Å². The average molecular weight is 602 g/mol. The Bertz CT molecular complexity index is 1040. The van der Waals surface area contributed by atoms with Crippen molar-refractivity contribution in [1.82, 2.24) is 29.2 Å². The molecule has 42 heavy (non-hydrogen) atoms. The zero-order valence-corrected chi connectivity index (χ0v) is 25.2. The fraction of sp³-hybridized carbons (Fsp3) is 0.600. The molecule has 0 aliphatic rings. The van der Waals surface area contributed by atoms with Gasteiger partial charge in [0, 0.05) is 26.5 Å². The van der Waals surface area contributed by atoms with Gasteiger partial charge in [0.05, 0.1) is 19.6 Å². The first-order valence-corrected chi connectivity index (χ1v) is 13.0. The van der Waals surface area contributed by atoms with Crippen LogP contribution in [0, 0.1) is 0 Å². The standard InChI is InChI=1S/C21H31N7O10.2C2H6/c1-22-14(25(3)8-16(29)27(10-18(31)32)11-19(33)34)6-24(2)7-15-23-4-5-26(15)9-17(30)28(12-20(35)36)13-21(37)38;2*1-2/h4-5H,6-13H2,1-3H3,(H,31,32)(H,33,34)(H,35,36)(H,37,38);2*1-2H3. The van der Waals surface area contributed by atoms with Crippen molar-refractivity contribution in [2.24, 2.45) is 4.99 Å². The molecule has 0 aromatic carbocycles. The van der Waals surface area contributed by atoms with E-state index in [-0.39, 0.29) is 26.2 Å². The van der Waals surface area contributed by atoms with Crippen LogP contribution >= 0.6 is 0 Å². The molecule has 0 saturated heterocycles. The highest BCUT2D eigenvalue weighted by Gasteiger charge is 2.23. The molecule has 2 amide bonds. The van der Waals surface area contributed by atoms with Crippen LogP contribution in [0.5, 0.6) is 0 Å². The normalized spacial score (nSPS) is 10.4. The van der Waals surface area contributed by atoms with E-state index in [1.165, 1.54) is 36.0 Å². The summed E-state index contributed by atoms with van der Waals surface area (Å²) in [6.45, 7) is 4.62. The van der Waals surface area contributed by atoms with Crippen molar-refractivity contribution in [3.63, 3.8) is 0 Å². The molecule has 4 N–H and O–H groups in total. The minimum atomic E-state index is -1.35. The van der Waals surface area contributed by atoms with E-state index in [9.17, 15) is 28.8 Å². The fourth-order valence-corrected chi connectivity index (χ4v) is 3.29. The van der Waals surface area contributed by atoms with Gasteiger partial charge in [-0.2, -0.15) is 0 Å². The first-order chi connectivity index (χ1) is 19.7. The van der Waals surface area contributed by atoms with Crippen LogP contribution < -0.4 is 0 Å². The third kappa shape index (κ3) is 15.9. The predicted octanol–water partition coefficient (Wildman–Crippen LogP) is -0.677. The van der Waals surface area contributed by atoms with E-state index < -0.39 is 61.9 Å². The smallest absolute Gasteiger partial charge is 0.323 e. The maximum absolute atomic E-state index is 12.5. The highest BCUT2D eigenvalue weighted by atomic mass is 16.4. The number of imidazole rings is 1. The van der Waals surface area contributed by atoms with Crippen LogP contribution in [0.1, 0.15) is 33.5 Å². The molecule has 0 aliphatic heterocycles. The molecule has 0 saturated carbocycles. The molecule has 17 nitrogen and oxygen atoms in total. The van der Waals surface area contributed by atoms with E-state index >= 15 is 0 Å². The van der Waals surface area contributed by atoms with Gasteiger partial charge >= 0.3 is 23.9 Å². The van der Waals surface area contributed by atoms with Gasteiger partial charge in [-0.3, -0.25) is 38.7 Å². The summed E-state index contributed by atoms with van der Waals surface area (Å²) in [5.41, 5.74) is 0. The Morgan fingerprint density at radius 2 is 1.17 bits per heavy atom. The van der Waals surface area contributed by atoms with Gasteiger partial charge in [0.1, 0.15) is 44.4 Å². The summed E-state index contributed by atoms with van der Waals surface area (Å²) >= 11 is 0. The Morgan fingerprint density at radius 3 is 1.57 bits per heavy atom. The first-order valence-electron chi connectivity index (χ1n) is 13.0. The van der Waals surface area contributed by atoms with Crippen LogP contribution in [0.4, 0.5) is 0 Å². The summed E-state index contributed by atoms with van der Waals surface area (Å²) < 4.78 is 1.45. The molecular formula is C25H43N7O10. The number of amidine groups is 1. The van der Waals surface area contributed by atoms with Crippen LogP contribution in [-0.2, 0) is 41.9 Å². The van der Waals surface area contributed by atoms with Crippen molar-refractivity contribution < 1.29 is 49.2 Å². The zero-order chi connectivity index (χ0) is 33.0. The van der Waals surface area contributed by atoms with E-state index in [1.807, 2.05) is 27.7 Å². The van der Waals surface area contributed by atoms with Gasteiger partial charge in [0.25, 0.3) is 0 Å². The quantitative estimate of drug-likeness (QED) is 0.136. The Kier molecular flexibility index (Phi) is 20.0. The van der Waals surface area contributed by atoms with E-state index in [2.05, 4.69) is 9.98 Å². The average Bonchev–Trinajstić information content (AvgIpc) is 3.33. The number of rotatable bonds is 16. The Balaban J connectivity index is 0. The number of carbonyl (C=O) groups excluding carboxylic acids is 2. The number of aliphatic carboxylic acids is 4. The van der Waals surface area contributed by atoms with Crippen molar-refractivity contribution in [1.29, 1.82) is 0 Å². The van der Waals surface area contributed by atoms with E-state index in [1.54, 1.807) is 11.9 Å². The van der Waals surface area contributed by atoms with Gasteiger partial charge in [0.2, 0.25) is 11.8 Å². The number of nitrogens with zero attached hydrogens (tertiary/aromatic N) is 7. The lowest BCUT2D eigenvalue weighted by Crippen LogP contribution is -2.47. The Labute approximate surface area is 244 Å². The lowest BCUT2D eigenvalue weighted by molar-refractivity contribution is -0.150. The van der Waals surface area contributed by atoms with Crippen molar-refractivity contribution in [3.8, 4) is 0 Å². The monoisotopic (exact) mass is 601 g/mol. The van der Waals surface area contributed by atoms with E-state index in [0.717, 1.165) is 0 Å². The second-order valence-electron chi connectivity index (χ2n) is 8.21. The van der Waals surface area contributed by atoms with Gasteiger partial charge < -0.3 is 39.7 Å². The number of hydrogen-bond donors (Lipinski definition) is 4. The molecule has 0 fully saturated rings. The molecule has 1 aromatic heterocycles. The summed E-state index contributed by atoms with van der Waals surface area (Å²) in [6.07, 6.45) is 2.91. The fourth-order valence-electron chi connectivity index (χ4n) is 3.29. The van der Waals surface area contributed by atoms with Crippen LogP contribution in [-0.4, -0.2) is 152 Å². The number of carboxylic acid groups (broad SMARTS) is 4. The molecule has 1 aromatic rings. The predicted molar refractivity (Wildman–Crippen MR) is 151 cm³/mol. The molecule has 0 bridgehead atoms. The highest BCUT2D eigenvalue weighted by molar-refractivity contribution is 5.91. The largest absolute Gasteiger partial charge is 0.480 e. The molecule has 1 heterocycles. The van der Waals surface area contributed by atoms with Gasteiger partial charge in [0.15, 0.2) is 0 Å². The molecule has 1 rings (SSSR count). The molecular weight excluding hydrogens is 558 g/mol. The second kappa shape index (κ2) is 21.2. The van der Waals surface area contributed by atoms with Crippen molar-refractivity contribution in [2.45, 2.75) is 40.8 Å². The summed E-state index contributed by atoms with van der Waals surface area (Å²) in [5.74, 6) is -6.03. The van der Waals surface area contributed by atoms with Crippen LogP contribution in [0.15, 0.2) is 17.4 Å². The maximum atomic E-state index is 12.5. The minimum absolute atomic E-state index is 0.184. The van der Waals surface area contributed by atoms with E-state index in [0.29, 0.717) is 21.5 Å². The summed E-state index contributed by atoms with van der Waals surface area (Å²) in [6, 6.07) is 0. The molecule has 0 radical (unpaired) electrons. The number of aliphatic imine (C=N–C) groups is 1. The Hall–Kier alpha value is -4.54. The number of carbonyl (C=O) groups is 6. The third-order valence-corrected chi connectivity index (χ3v) is 5.01. The van der Waals surface area contributed by atoms with Crippen LogP contribution in [0.3, 0.4) is 0 Å². The number of amides is 2. The minimum Gasteiger partial charge on any atom is -0.480 e. The number of hydrogen-bond acceptors (Lipinski definition) is 9. The van der Waals surface area contributed by atoms with Gasteiger partial charge in [-0.1, -0.05) is 27.7 Å². The van der Waals surface area contributed by atoms with E-state index in [4.69, 9.17) is 20.4 Å². The van der Waals surface area contributed by atoms with Crippen LogP contribution in [0.25, 0.3) is 0 Å². The molecule has 0 aliphatic carbocycles. The number of carboxylic acids is 4. The highest BCUT2D eigenvalue weighted by Crippen LogP contribution is 2.05. The Morgan fingerprint density at radius 1 is 0.738 bits per heavy atom. The van der Waals surface area contributed by atoms with Gasteiger partial charge in [-0.25, -0.2) is 4.98 Å².